The van der Waals surface area contributed by atoms with E-state index in [1.165, 1.54) is 23.8 Å². The molecule has 0 aromatic heterocycles. The Morgan fingerprint density at radius 1 is 1.07 bits per heavy atom. The van der Waals surface area contributed by atoms with Gasteiger partial charge in [0.25, 0.3) is 5.91 Å². The summed E-state index contributed by atoms with van der Waals surface area (Å²) in [6, 6.07) is 11.2. The Bertz CT molecular complexity index is 855. The van der Waals surface area contributed by atoms with Crippen molar-refractivity contribution in [3.05, 3.63) is 53.6 Å². The summed E-state index contributed by atoms with van der Waals surface area (Å²) in [5.41, 5.74) is 2.29. The number of benzene rings is 2. The molecule has 6 nitrogen and oxygen atoms in total. The fourth-order valence-corrected chi connectivity index (χ4v) is 2.67. The normalized spacial score (nSPS) is 10.7. The minimum Gasteiger partial charge on any atom is -0.482 e. The molecule has 0 saturated carbocycles. The molecule has 2 rings (SSSR count). The van der Waals surface area contributed by atoms with Crippen LogP contribution in [0, 0.1) is 6.92 Å². The first-order chi connectivity index (χ1) is 13.8. The summed E-state index contributed by atoms with van der Waals surface area (Å²) in [5, 5.41) is 2.35. The topological polar surface area (TPSA) is 73.9 Å². The smallest absolute Gasteiger partial charge is 0.387 e. The molecule has 156 valence electrons. The largest absolute Gasteiger partial charge is 0.482 e. The van der Waals surface area contributed by atoms with Crippen LogP contribution in [-0.2, 0) is 14.3 Å². The molecule has 0 saturated heterocycles. The van der Waals surface area contributed by atoms with Crippen molar-refractivity contribution in [3.8, 4) is 11.5 Å². The monoisotopic (exact) mass is 407 g/mol. The molecule has 2 aromatic carbocycles. The summed E-state index contributed by atoms with van der Waals surface area (Å²) in [7, 11) is 0. The van der Waals surface area contributed by atoms with Crippen molar-refractivity contribution < 1.29 is 32.6 Å². The summed E-state index contributed by atoms with van der Waals surface area (Å²) < 4.78 is 39.3. The molecule has 0 atom stereocenters. The second-order valence-corrected chi connectivity index (χ2v) is 6.55. The maximum Gasteiger partial charge on any atom is 0.387 e. The van der Waals surface area contributed by atoms with Crippen LogP contribution < -0.4 is 14.8 Å². The zero-order valence-electron chi connectivity index (χ0n) is 16.4. The highest BCUT2D eigenvalue weighted by Crippen LogP contribution is 2.25. The van der Waals surface area contributed by atoms with E-state index >= 15 is 0 Å². The van der Waals surface area contributed by atoms with Crippen LogP contribution in [0.15, 0.2) is 42.5 Å². The first kappa shape index (κ1) is 22.1. The highest BCUT2D eigenvalue weighted by molar-refractivity contribution is 5.94. The fraction of sp³-hybridized carbons (Fsp3) is 0.333. The van der Waals surface area contributed by atoms with Crippen LogP contribution in [0.3, 0.4) is 0 Å². The van der Waals surface area contributed by atoms with E-state index in [-0.39, 0.29) is 18.0 Å². The number of hydrogen-bond acceptors (Lipinski definition) is 5. The molecule has 0 radical (unpaired) electrons. The van der Waals surface area contributed by atoms with Crippen molar-refractivity contribution in [2.45, 2.75) is 33.3 Å². The molecule has 2 aromatic rings. The molecule has 0 spiro atoms. The predicted molar refractivity (Wildman–Crippen MR) is 103 cm³/mol. The van der Waals surface area contributed by atoms with E-state index in [0.717, 1.165) is 5.56 Å². The summed E-state index contributed by atoms with van der Waals surface area (Å²) >= 11 is 0. The number of para-hydroxylation sites is 2. The third-order valence-electron chi connectivity index (χ3n) is 3.96. The van der Waals surface area contributed by atoms with Gasteiger partial charge in [0.1, 0.15) is 11.5 Å². The number of alkyl halides is 2. The van der Waals surface area contributed by atoms with Gasteiger partial charge in [-0.05, 0) is 48.2 Å². The molecule has 0 heterocycles. The lowest BCUT2D eigenvalue weighted by Gasteiger charge is -2.13. The van der Waals surface area contributed by atoms with Crippen LogP contribution in [0.1, 0.15) is 30.9 Å². The number of carbonyl (C=O) groups excluding carboxylic acids is 2. The van der Waals surface area contributed by atoms with E-state index in [1.54, 1.807) is 12.1 Å². The van der Waals surface area contributed by atoms with Gasteiger partial charge in [-0.3, -0.25) is 4.79 Å². The molecular formula is C21H23F2NO5. The zero-order chi connectivity index (χ0) is 21.4. The minimum atomic E-state index is -3.03. The third-order valence-corrected chi connectivity index (χ3v) is 3.96. The van der Waals surface area contributed by atoms with Gasteiger partial charge in [0.2, 0.25) is 0 Å². The quantitative estimate of drug-likeness (QED) is 0.628. The first-order valence-corrected chi connectivity index (χ1v) is 8.99. The number of carbonyl (C=O) groups is 2. The fourth-order valence-electron chi connectivity index (χ4n) is 2.67. The van der Waals surface area contributed by atoms with E-state index < -0.39 is 25.1 Å². The molecule has 1 N–H and O–H groups in total. The van der Waals surface area contributed by atoms with Gasteiger partial charge >= 0.3 is 12.6 Å². The molecule has 1 amide bonds. The van der Waals surface area contributed by atoms with Crippen LogP contribution in [-0.4, -0.2) is 31.7 Å². The van der Waals surface area contributed by atoms with Crippen LogP contribution in [0.25, 0.3) is 0 Å². The number of ether oxygens (including phenoxy) is 3. The summed E-state index contributed by atoms with van der Waals surface area (Å²) in [4.78, 5) is 23.7. The molecule has 0 bridgehead atoms. The van der Waals surface area contributed by atoms with Crippen molar-refractivity contribution in [2.24, 2.45) is 0 Å². The van der Waals surface area contributed by atoms with Crippen LogP contribution in [0.4, 0.5) is 14.5 Å². The second-order valence-electron chi connectivity index (χ2n) is 6.55. The second kappa shape index (κ2) is 10.4. The maximum atomic E-state index is 12.4. The number of hydrogen-bond donors (Lipinski definition) is 1. The van der Waals surface area contributed by atoms with Crippen molar-refractivity contribution in [2.75, 3.05) is 18.5 Å². The standard InChI is InChI=1S/C21H23F2NO5/c1-13(2)16-9-8-15(10-14(16)3)27-12-20(26)28-11-19(25)24-17-6-4-5-7-18(17)29-21(22)23/h4-10,13,21H,11-12H2,1-3H3,(H,24,25). The zero-order valence-corrected chi connectivity index (χ0v) is 16.4. The van der Waals surface area contributed by atoms with E-state index in [9.17, 15) is 18.4 Å². The predicted octanol–water partition coefficient (Wildman–Crippen LogP) is 4.28. The van der Waals surface area contributed by atoms with Crippen LogP contribution >= 0.6 is 0 Å². The minimum absolute atomic E-state index is 0.0471. The van der Waals surface area contributed by atoms with E-state index in [4.69, 9.17) is 9.47 Å². The average molecular weight is 407 g/mol. The van der Waals surface area contributed by atoms with Gasteiger partial charge in [-0.25, -0.2) is 4.79 Å². The van der Waals surface area contributed by atoms with Crippen molar-refractivity contribution in [3.63, 3.8) is 0 Å². The molecule has 8 heteroatoms. The highest BCUT2D eigenvalue weighted by atomic mass is 19.3. The van der Waals surface area contributed by atoms with Crippen LogP contribution in [0.2, 0.25) is 0 Å². The Balaban J connectivity index is 1.81. The van der Waals surface area contributed by atoms with Gasteiger partial charge in [0.05, 0.1) is 5.69 Å². The van der Waals surface area contributed by atoms with Crippen LogP contribution in [0.5, 0.6) is 11.5 Å². The van der Waals surface area contributed by atoms with Gasteiger partial charge in [0, 0.05) is 0 Å². The van der Waals surface area contributed by atoms with Gasteiger partial charge in [-0.15, -0.1) is 0 Å². The molecule has 29 heavy (non-hydrogen) atoms. The van der Waals surface area contributed by atoms with Gasteiger partial charge < -0.3 is 19.5 Å². The van der Waals surface area contributed by atoms with Gasteiger partial charge in [0.15, 0.2) is 13.2 Å². The summed E-state index contributed by atoms with van der Waals surface area (Å²) in [6.45, 7) is 2.16. The Kier molecular flexibility index (Phi) is 7.94. The lowest BCUT2D eigenvalue weighted by atomic mass is 9.98. The Morgan fingerprint density at radius 3 is 2.45 bits per heavy atom. The number of halogens is 2. The number of aryl methyl sites for hydroxylation is 1. The van der Waals surface area contributed by atoms with Gasteiger partial charge in [-0.1, -0.05) is 32.0 Å². The molecule has 0 aliphatic rings. The molecule has 0 unspecified atom stereocenters. The highest BCUT2D eigenvalue weighted by Gasteiger charge is 2.14. The Hall–Kier alpha value is -3.16. The molecule has 0 fully saturated rings. The number of anilines is 1. The average Bonchev–Trinajstić information content (AvgIpc) is 2.65. The first-order valence-electron chi connectivity index (χ1n) is 8.99. The Labute approximate surface area is 167 Å². The molecular weight excluding hydrogens is 384 g/mol. The summed E-state index contributed by atoms with van der Waals surface area (Å²) in [6.07, 6.45) is 0. The third kappa shape index (κ3) is 7.06. The maximum absolute atomic E-state index is 12.4. The van der Waals surface area contributed by atoms with Crippen molar-refractivity contribution >= 4 is 17.6 Å². The lowest BCUT2D eigenvalue weighted by molar-refractivity contribution is -0.149. The lowest BCUT2D eigenvalue weighted by Crippen LogP contribution is -2.24. The molecule has 0 aliphatic heterocycles. The molecule has 0 aliphatic carbocycles. The summed E-state index contributed by atoms with van der Waals surface area (Å²) in [5.74, 6) is -0.718. The van der Waals surface area contributed by atoms with E-state index in [1.807, 2.05) is 19.1 Å². The number of nitrogens with one attached hydrogen (secondary N) is 1. The Morgan fingerprint density at radius 2 is 1.79 bits per heavy atom. The van der Waals surface area contributed by atoms with Gasteiger partial charge in [-0.2, -0.15) is 8.78 Å². The number of rotatable bonds is 9. The van der Waals surface area contributed by atoms with E-state index in [2.05, 4.69) is 23.9 Å². The number of esters is 1. The van der Waals surface area contributed by atoms with Crippen molar-refractivity contribution in [1.29, 1.82) is 0 Å². The van der Waals surface area contributed by atoms with E-state index in [0.29, 0.717) is 11.7 Å². The number of amides is 1. The SMILES string of the molecule is Cc1cc(OCC(=O)OCC(=O)Nc2ccccc2OC(F)F)ccc1C(C)C. The van der Waals surface area contributed by atoms with Crippen molar-refractivity contribution in [1.82, 2.24) is 0 Å².